The molecule has 0 N–H and O–H groups in total. The molecular weight excluding hydrogens is 284 g/mol. The number of pyridine rings is 1. The molecule has 2 fully saturated rings. The maximum atomic E-state index is 4.89. The van der Waals surface area contributed by atoms with Crippen LogP contribution in [0.2, 0.25) is 0 Å². The van der Waals surface area contributed by atoms with Crippen LogP contribution >= 0.6 is 0 Å². The average molecular weight is 308 g/mol. The summed E-state index contributed by atoms with van der Waals surface area (Å²) in [6, 6.07) is 6.77. The maximum absolute atomic E-state index is 4.89. The minimum Gasteiger partial charge on any atom is -0.353 e. The summed E-state index contributed by atoms with van der Waals surface area (Å²) >= 11 is 0. The zero-order valence-corrected chi connectivity index (χ0v) is 13.9. The van der Waals surface area contributed by atoms with Gasteiger partial charge in [0.05, 0.1) is 0 Å². The molecule has 2 aromatic heterocycles. The van der Waals surface area contributed by atoms with Gasteiger partial charge in [-0.3, -0.25) is 4.98 Å². The van der Waals surface area contributed by atoms with Crippen molar-refractivity contribution in [2.24, 2.45) is 11.8 Å². The zero-order chi connectivity index (χ0) is 15.8. The molecule has 1 aliphatic carbocycles. The van der Waals surface area contributed by atoms with Gasteiger partial charge in [-0.1, -0.05) is 19.8 Å². The highest BCUT2D eigenvalue weighted by Gasteiger charge is 2.41. The standard InChI is InChI=1S/C19H24N4/c1-13-12-23(17-8-4-3-7-16(13)17)18-10-14(2)21-19(22-18)15-6-5-9-20-11-15/h5-6,9-11,13,16-17H,3-4,7-8,12H2,1-2H3. The average Bonchev–Trinajstić information content (AvgIpc) is 2.93. The Morgan fingerprint density at radius 1 is 1.17 bits per heavy atom. The molecule has 0 bridgehead atoms. The van der Waals surface area contributed by atoms with Crippen molar-refractivity contribution in [1.29, 1.82) is 0 Å². The molecule has 0 aromatic carbocycles. The number of hydrogen-bond donors (Lipinski definition) is 0. The van der Waals surface area contributed by atoms with Crippen molar-refractivity contribution >= 4 is 5.82 Å². The number of fused-ring (bicyclic) bond motifs is 1. The van der Waals surface area contributed by atoms with Crippen LogP contribution in [0, 0.1) is 18.8 Å². The highest BCUT2D eigenvalue weighted by atomic mass is 15.3. The minimum absolute atomic E-state index is 0.662. The van der Waals surface area contributed by atoms with Gasteiger partial charge >= 0.3 is 0 Å². The summed E-state index contributed by atoms with van der Waals surface area (Å²) in [7, 11) is 0. The molecule has 120 valence electrons. The van der Waals surface area contributed by atoms with Crippen LogP contribution in [0.4, 0.5) is 5.82 Å². The Labute approximate surface area is 138 Å². The van der Waals surface area contributed by atoms with Gasteiger partial charge in [0.2, 0.25) is 0 Å². The number of aromatic nitrogens is 3. The quantitative estimate of drug-likeness (QED) is 0.845. The highest BCUT2D eigenvalue weighted by molar-refractivity contribution is 5.57. The lowest BCUT2D eigenvalue weighted by molar-refractivity contribution is 0.293. The minimum atomic E-state index is 0.662. The molecule has 0 radical (unpaired) electrons. The number of nitrogens with zero attached hydrogens (tertiary/aromatic N) is 4. The van der Waals surface area contributed by atoms with E-state index in [9.17, 15) is 0 Å². The van der Waals surface area contributed by atoms with Gasteiger partial charge in [0.15, 0.2) is 5.82 Å². The molecule has 2 aromatic rings. The van der Waals surface area contributed by atoms with Crippen LogP contribution < -0.4 is 4.90 Å². The maximum Gasteiger partial charge on any atom is 0.163 e. The summed E-state index contributed by atoms with van der Waals surface area (Å²) in [6.07, 6.45) is 9.05. The van der Waals surface area contributed by atoms with Gasteiger partial charge in [0.1, 0.15) is 5.82 Å². The number of anilines is 1. The van der Waals surface area contributed by atoms with Gasteiger partial charge in [-0.05, 0) is 43.7 Å². The second-order valence-corrected chi connectivity index (χ2v) is 7.08. The van der Waals surface area contributed by atoms with Crippen LogP contribution in [0.1, 0.15) is 38.3 Å². The van der Waals surface area contributed by atoms with E-state index in [2.05, 4.69) is 34.8 Å². The van der Waals surface area contributed by atoms with Gasteiger partial charge in [0, 0.05) is 42.3 Å². The lowest BCUT2D eigenvalue weighted by Gasteiger charge is -2.33. The Bertz CT molecular complexity index is 685. The van der Waals surface area contributed by atoms with E-state index < -0.39 is 0 Å². The fourth-order valence-electron chi connectivity index (χ4n) is 4.36. The summed E-state index contributed by atoms with van der Waals surface area (Å²) in [5.41, 5.74) is 2.02. The molecule has 3 unspecified atom stereocenters. The molecule has 3 heterocycles. The van der Waals surface area contributed by atoms with Crippen molar-refractivity contribution in [3.8, 4) is 11.4 Å². The summed E-state index contributed by atoms with van der Waals surface area (Å²) in [5, 5.41) is 0. The van der Waals surface area contributed by atoms with Crippen molar-refractivity contribution in [2.45, 2.75) is 45.6 Å². The van der Waals surface area contributed by atoms with Crippen molar-refractivity contribution in [2.75, 3.05) is 11.4 Å². The molecule has 4 nitrogen and oxygen atoms in total. The van der Waals surface area contributed by atoms with Gasteiger partial charge in [-0.25, -0.2) is 9.97 Å². The summed E-state index contributed by atoms with van der Waals surface area (Å²) in [4.78, 5) is 16.3. The first-order valence-corrected chi connectivity index (χ1v) is 8.75. The van der Waals surface area contributed by atoms with E-state index in [-0.39, 0.29) is 0 Å². The Kier molecular flexibility index (Phi) is 3.76. The second kappa shape index (κ2) is 5.91. The number of hydrogen-bond acceptors (Lipinski definition) is 4. The van der Waals surface area contributed by atoms with Crippen molar-refractivity contribution in [3.05, 3.63) is 36.3 Å². The Hall–Kier alpha value is -1.97. The second-order valence-electron chi connectivity index (χ2n) is 7.08. The molecule has 3 atom stereocenters. The lowest BCUT2D eigenvalue weighted by atomic mass is 9.80. The zero-order valence-electron chi connectivity index (χ0n) is 13.9. The number of aryl methyl sites for hydroxylation is 1. The third-order valence-electron chi connectivity index (χ3n) is 5.45. The van der Waals surface area contributed by atoms with Gasteiger partial charge in [-0.2, -0.15) is 0 Å². The van der Waals surface area contributed by atoms with Crippen molar-refractivity contribution < 1.29 is 0 Å². The molecule has 23 heavy (non-hydrogen) atoms. The van der Waals surface area contributed by atoms with E-state index in [1.807, 2.05) is 18.3 Å². The summed E-state index contributed by atoms with van der Waals surface area (Å²) in [6.45, 7) is 5.58. The molecule has 4 heteroatoms. The van der Waals surface area contributed by atoms with Crippen LogP contribution in [0.25, 0.3) is 11.4 Å². The molecule has 0 spiro atoms. The first-order chi connectivity index (χ1) is 11.2. The fraction of sp³-hybridized carbons (Fsp3) is 0.526. The van der Waals surface area contributed by atoms with Gasteiger partial charge < -0.3 is 4.90 Å². The highest BCUT2D eigenvalue weighted by Crippen LogP contribution is 2.41. The predicted molar refractivity (Wildman–Crippen MR) is 92.3 cm³/mol. The SMILES string of the molecule is Cc1cc(N2CC(C)C3CCCCC32)nc(-c2cccnc2)n1. The molecule has 1 saturated carbocycles. The topological polar surface area (TPSA) is 41.9 Å². The van der Waals surface area contributed by atoms with Crippen LogP contribution in [0.15, 0.2) is 30.6 Å². The summed E-state index contributed by atoms with van der Waals surface area (Å²) < 4.78 is 0. The lowest BCUT2D eigenvalue weighted by Crippen LogP contribution is -2.35. The third kappa shape index (κ3) is 2.71. The normalized spacial score (nSPS) is 27.0. The molecule has 2 aliphatic rings. The fourth-order valence-corrected chi connectivity index (χ4v) is 4.36. The first kappa shape index (κ1) is 14.6. The Morgan fingerprint density at radius 3 is 2.87 bits per heavy atom. The van der Waals surface area contributed by atoms with Crippen LogP contribution in [-0.2, 0) is 0 Å². The van der Waals surface area contributed by atoms with Crippen LogP contribution in [-0.4, -0.2) is 27.5 Å². The van der Waals surface area contributed by atoms with Crippen molar-refractivity contribution in [1.82, 2.24) is 15.0 Å². The molecule has 4 rings (SSSR count). The Morgan fingerprint density at radius 2 is 2.04 bits per heavy atom. The van der Waals surface area contributed by atoms with Gasteiger partial charge in [-0.15, -0.1) is 0 Å². The van der Waals surface area contributed by atoms with E-state index in [1.54, 1.807) is 6.20 Å². The first-order valence-electron chi connectivity index (χ1n) is 8.75. The van der Waals surface area contributed by atoms with E-state index in [0.29, 0.717) is 6.04 Å². The van der Waals surface area contributed by atoms with Crippen molar-refractivity contribution in [3.63, 3.8) is 0 Å². The molecular formula is C19H24N4. The van der Waals surface area contributed by atoms with Crippen LogP contribution in [0.3, 0.4) is 0 Å². The number of rotatable bonds is 2. The smallest absolute Gasteiger partial charge is 0.163 e. The molecule has 1 aliphatic heterocycles. The molecule has 1 saturated heterocycles. The largest absolute Gasteiger partial charge is 0.353 e. The monoisotopic (exact) mass is 308 g/mol. The van der Waals surface area contributed by atoms with E-state index in [0.717, 1.165) is 41.3 Å². The van der Waals surface area contributed by atoms with Gasteiger partial charge in [0.25, 0.3) is 0 Å². The molecule has 0 amide bonds. The van der Waals surface area contributed by atoms with E-state index in [1.165, 1.54) is 25.7 Å². The van der Waals surface area contributed by atoms with Crippen LogP contribution in [0.5, 0.6) is 0 Å². The van der Waals surface area contributed by atoms with E-state index in [4.69, 9.17) is 4.98 Å². The third-order valence-corrected chi connectivity index (χ3v) is 5.45. The Balaban J connectivity index is 1.70. The predicted octanol–water partition coefficient (Wildman–Crippen LogP) is 3.86. The summed E-state index contributed by atoms with van der Waals surface area (Å²) in [5.74, 6) is 3.48. The van der Waals surface area contributed by atoms with E-state index >= 15 is 0 Å².